The monoisotopic (exact) mass is 323 g/mol. The van der Waals surface area contributed by atoms with Crippen LogP contribution in [0.4, 0.5) is 5.69 Å². The number of nitrogens with zero attached hydrogens (tertiary/aromatic N) is 1. The molecule has 2 aliphatic rings. The minimum Gasteiger partial charge on any atom is -0.341 e. The normalized spacial score (nSPS) is 19.4. The van der Waals surface area contributed by atoms with Crippen LogP contribution in [0.15, 0.2) is 18.2 Å². The topological polar surface area (TPSA) is 75.4 Å². The third kappa shape index (κ3) is 2.96. The summed E-state index contributed by atoms with van der Waals surface area (Å²) in [5.41, 5.74) is 7.77. The minimum absolute atomic E-state index is 0. The number of halogens is 1. The summed E-state index contributed by atoms with van der Waals surface area (Å²) in [4.78, 5) is 26.2. The average molecular weight is 324 g/mol. The Bertz CT molecular complexity index is 597. The highest BCUT2D eigenvalue weighted by molar-refractivity contribution is 6.01. The Morgan fingerprint density at radius 1 is 1.32 bits per heavy atom. The summed E-state index contributed by atoms with van der Waals surface area (Å²) in [6.07, 6.45) is 4.30. The number of carbonyl (C=O) groups excluding carboxylic acids is 2. The van der Waals surface area contributed by atoms with Gasteiger partial charge in [0.2, 0.25) is 5.91 Å². The van der Waals surface area contributed by atoms with E-state index in [1.165, 1.54) is 0 Å². The Hall–Kier alpha value is -1.59. The summed E-state index contributed by atoms with van der Waals surface area (Å²) in [5, 5.41) is 2.88. The molecule has 1 aromatic rings. The van der Waals surface area contributed by atoms with Gasteiger partial charge in [0.1, 0.15) is 0 Å². The molecule has 3 rings (SSSR count). The highest BCUT2D eigenvalue weighted by atomic mass is 35.5. The lowest BCUT2D eigenvalue weighted by atomic mass is 9.96. The number of carbonyl (C=O) groups is 2. The zero-order valence-corrected chi connectivity index (χ0v) is 13.5. The van der Waals surface area contributed by atoms with Gasteiger partial charge in [0.05, 0.1) is 5.54 Å². The third-order valence-corrected chi connectivity index (χ3v) is 4.61. The number of rotatable bonds is 2. The van der Waals surface area contributed by atoms with Crippen LogP contribution in [0, 0.1) is 0 Å². The second kappa shape index (κ2) is 6.26. The first kappa shape index (κ1) is 16.8. The smallest absolute Gasteiger partial charge is 0.253 e. The molecular weight excluding hydrogens is 302 g/mol. The van der Waals surface area contributed by atoms with Crippen molar-refractivity contribution < 1.29 is 9.59 Å². The molecule has 1 saturated carbocycles. The average Bonchev–Trinajstić information content (AvgIpc) is 2.92. The first-order chi connectivity index (χ1) is 9.99. The number of likely N-dealkylation sites (N-methyl/N-ethyl adjacent to an activating group) is 1. The zero-order chi connectivity index (χ0) is 15.0. The SMILES string of the molecule is CN1CCc2ccc(NC(=O)C3(N)CCCC3)cc2C1=O.Cl. The van der Waals surface area contributed by atoms with E-state index in [0.29, 0.717) is 11.3 Å². The predicted molar refractivity (Wildman–Crippen MR) is 88.4 cm³/mol. The van der Waals surface area contributed by atoms with E-state index in [9.17, 15) is 9.59 Å². The van der Waals surface area contributed by atoms with Crippen LogP contribution in [-0.2, 0) is 11.2 Å². The number of fused-ring (bicyclic) bond motifs is 1. The van der Waals surface area contributed by atoms with Crippen LogP contribution in [0.1, 0.15) is 41.6 Å². The Morgan fingerprint density at radius 3 is 2.68 bits per heavy atom. The van der Waals surface area contributed by atoms with Gasteiger partial charge in [0.25, 0.3) is 5.91 Å². The first-order valence-corrected chi connectivity index (χ1v) is 7.48. The number of benzene rings is 1. The molecule has 0 saturated heterocycles. The van der Waals surface area contributed by atoms with Gasteiger partial charge in [-0.2, -0.15) is 0 Å². The Labute approximate surface area is 136 Å². The standard InChI is InChI=1S/C16H21N3O2.ClH/c1-19-9-6-11-4-5-12(10-13(11)14(19)20)18-15(21)16(17)7-2-3-8-16;/h4-5,10H,2-3,6-9,17H2,1H3,(H,18,21);1H. The summed E-state index contributed by atoms with van der Waals surface area (Å²) in [7, 11) is 1.80. The Kier molecular flexibility index (Phi) is 4.78. The lowest BCUT2D eigenvalue weighted by molar-refractivity contribution is -0.121. The van der Waals surface area contributed by atoms with Crippen molar-refractivity contribution in [2.24, 2.45) is 5.73 Å². The maximum absolute atomic E-state index is 12.3. The summed E-state index contributed by atoms with van der Waals surface area (Å²) < 4.78 is 0. The number of nitrogens with one attached hydrogen (secondary N) is 1. The number of anilines is 1. The molecule has 0 atom stereocenters. The van der Waals surface area contributed by atoms with E-state index in [1.807, 2.05) is 12.1 Å². The van der Waals surface area contributed by atoms with Crippen LogP contribution in [0.2, 0.25) is 0 Å². The van der Waals surface area contributed by atoms with E-state index < -0.39 is 5.54 Å². The molecule has 1 aliphatic carbocycles. The minimum atomic E-state index is -0.753. The number of amides is 2. The van der Waals surface area contributed by atoms with Crippen LogP contribution >= 0.6 is 12.4 Å². The molecule has 0 unspecified atom stereocenters. The van der Waals surface area contributed by atoms with Gasteiger partial charge in [-0.3, -0.25) is 9.59 Å². The van der Waals surface area contributed by atoms with E-state index in [2.05, 4.69) is 5.32 Å². The lowest BCUT2D eigenvalue weighted by Crippen LogP contribution is -2.48. The first-order valence-electron chi connectivity index (χ1n) is 7.48. The summed E-state index contributed by atoms with van der Waals surface area (Å²) in [6.45, 7) is 0.740. The fourth-order valence-electron chi connectivity index (χ4n) is 3.16. The van der Waals surface area contributed by atoms with Crippen LogP contribution in [0.3, 0.4) is 0 Å². The van der Waals surface area contributed by atoms with E-state index >= 15 is 0 Å². The second-order valence-corrected chi connectivity index (χ2v) is 6.17. The van der Waals surface area contributed by atoms with Gasteiger partial charge in [0.15, 0.2) is 0 Å². The van der Waals surface area contributed by atoms with Gasteiger partial charge in [-0.25, -0.2) is 0 Å². The molecule has 5 nitrogen and oxygen atoms in total. The highest BCUT2D eigenvalue weighted by Gasteiger charge is 2.37. The predicted octanol–water partition coefficient (Wildman–Crippen LogP) is 1.95. The van der Waals surface area contributed by atoms with E-state index in [4.69, 9.17) is 5.73 Å². The molecular formula is C16H22ClN3O2. The van der Waals surface area contributed by atoms with Crippen LogP contribution < -0.4 is 11.1 Å². The van der Waals surface area contributed by atoms with Crippen molar-refractivity contribution in [1.82, 2.24) is 4.90 Å². The van der Waals surface area contributed by atoms with Gasteiger partial charge in [-0.1, -0.05) is 18.9 Å². The zero-order valence-electron chi connectivity index (χ0n) is 12.7. The number of hydrogen-bond donors (Lipinski definition) is 2. The van der Waals surface area contributed by atoms with Gasteiger partial charge in [-0.15, -0.1) is 12.4 Å². The van der Waals surface area contributed by atoms with Crippen LogP contribution in [0.25, 0.3) is 0 Å². The van der Waals surface area contributed by atoms with Crippen molar-refractivity contribution in [3.63, 3.8) is 0 Å². The largest absolute Gasteiger partial charge is 0.341 e. The van der Waals surface area contributed by atoms with Crippen molar-refractivity contribution >= 4 is 29.9 Å². The number of hydrogen-bond acceptors (Lipinski definition) is 3. The van der Waals surface area contributed by atoms with Gasteiger partial charge in [0, 0.05) is 24.8 Å². The van der Waals surface area contributed by atoms with Gasteiger partial charge in [-0.05, 0) is 37.0 Å². The molecule has 1 fully saturated rings. The molecule has 0 spiro atoms. The van der Waals surface area contributed by atoms with Crippen molar-refractivity contribution in [3.8, 4) is 0 Å². The van der Waals surface area contributed by atoms with Crippen molar-refractivity contribution in [2.75, 3.05) is 18.9 Å². The molecule has 3 N–H and O–H groups in total. The molecule has 0 bridgehead atoms. The second-order valence-electron chi connectivity index (χ2n) is 6.17. The molecule has 0 radical (unpaired) electrons. The Morgan fingerprint density at radius 2 is 2.00 bits per heavy atom. The molecule has 1 heterocycles. The number of nitrogens with two attached hydrogens (primary N) is 1. The van der Waals surface area contributed by atoms with Crippen molar-refractivity contribution in [1.29, 1.82) is 0 Å². The molecule has 1 aliphatic heterocycles. The summed E-state index contributed by atoms with van der Waals surface area (Å²) in [6, 6.07) is 5.55. The van der Waals surface area contributed by atoms with Crippen LogP contribution in [0.5, 0.6) is 0 Å². The van der Waals surface area contributed by atoms with Gasteiger partial charge < -0.3 is 16.0 Å². The van der Waals surface area contributed by atoms with E-state index in [1.54, 1.807) is 18.0 Å². The molecule has 22 heavy (non-hydrogen) atoms. The molecule has 0 aromatic heterocycles. The fraction of sp³-hybridized carbons (Fsp3) is 0.500. The Balaban J connectivity index is 0.00000176. The molecule has 1 aromatic carbocycles. The van der Waals surface area contributed by atoms with Crippen molar-refractivity contribution in [2.45, 2.75) is 37.6 Å². The van der Waals surface area contributed by atoms with E-state index in [0.717, 1.165) is 44.2 Å². The molecule has 6 heteroatoms. The summed E-state index contributed by atoms with van der Waals surface area (Å²) >= 11 is 0. The fourth-order valence-corrected chi connectivity index (χ4v) is 3.16. The molecule has 2 amide bonds. The molecule has 120 valence electrons. The quantitative estimate of drug-likeness (QED) is 0.873. The summed E-state index contributed by atoms with van der Waals surface area (Å²) in [5.74, 6) is -0.132. The third-order valence-electron chi connectivity index (χ3n) is 4.61. The lowest BCUT2D eigenvalue weighted by Gasteiger charge is -2.26. The van der Waals surface area contributed by atoms with Gasteiger partial charge >= 0.3 is 0 Å². The van der Waals surface area contributed by atoms with Crippen molar-refractivity contribution in [3.05, 3.63) is 29.3 Å². The maximum atomic E-state index is 12.3. The highest BCUT2D eigenvalue weighted by Crippen LogP contribution is 2.29. The van der Waals surface area contributed by atoms with E-state index in [-0.39, 0.29) is 24.2 Å². The van der Waals surface area contributed by atoms with Crippen LogP contribution in [-0.4, -0.2) is 35.8 Å². The maximum Gasteiger partial charge on any atom is 0.253 e.